The summed E-state index contributed by atoms with van der Waals surface area (Å²) in [5.74, 6) is 1.16. The number of aryl methyl sites for hydroxylation is 1. The number of hydrogen-bond acceptors (Lipinski definition) is 5. The lowest BCUT2D eigenvalue weighted by molar-refractivity contribution is -0.00597. The topological polar surface area (TPSA) is 84.5 Å². The highest BCUT2D eigenvalue weighted by Crippen LogP contribution is 2.43. The largest absolute Gasteiger partial charge is 0.496 e. The summed E-state index contributed by atoms with van der Waals surface area (Å²) in [7, 11) is 1.57. The van der Waals surface area contributed by atoms with Gasteiger partial charge in [0, 0.05) is 31.3 Å². The third-order valence-corrected chi connectivity index (χ3v) is 6.19. The number of aromatic nitrogens is 2. The van der Waals surface area contributed by atoms with E-state index in [1.54, 1.807) is 13.3 Å². The lowest BCUT2D eigenvalue weighted by atomic mass is 9.82. The quantitative estimate of drug-likeness (QED) is 0.705. The summed E-state index contributed by atoms with van der Waals surface area (Å²) in [4.78, 5) is 27.9. The Morgan fingerprint density at radius 2 is 2.07 bits per heavy atom. The first kappa shape index (κ1) is 18.7. The number of Topliss-reactive ketones (excluding diaryl/α,β-unsaturated/α-hetero) is 1. The van der Waals surface area contributed by atoms with E-state index in [2.05, 4.69) is 10.2 Å². The number of methoxy groups -OCH3 is 1. The first-order valence-corrected chi connectivity index (χ1v) is 10.1. The molecule has 3 aromatic rings. The zero-order valence-electron chi connectivity index (χ0n) is 17.0. The number of benzene rings is 2. The van der Waals surface area contributed by atoms with Crippen LogP contribution in [0.15, 0.2) is 36.5 Å². The van der Waals surface area contributed by atoms with Crippen LogP contribution in [0.3, 0.4) is 0 Å². The highest BCUT2D eigenvalue weighted by atomic mass is 16.5. The van der Waals surface area contributed by atoms with Crippen LogP contribution in [-0.4, -0.2) is 52.6 Å². The van der Waals surface area contributed by atoms with Crippen molar-refractivity contribution in [2.75, 3.05) is 20.2 Å². The molecular formula is C23H23N3O4. The number of aromatic amines is 1. The Hall–Kier alpha value is -3.35. The molecule has 1 fully saturated rings. The van der Waals surface area contributed by atoms with E-state index in [0.29, 0.717) is 55.0 Å². The number of amides is 1. The van der Waals surface area contributed by atoms with Gasteiger partial charge in [-0.3, -0.25) is 14.7 Å². The number of piperidine rings is 1. The summed E-state index contributed by atoms with van der Waals surface area (Å²) >= 11 is 0. The molecule has 1 aromatic heterocycles. The van der Waals surface area contributed by atoms with Crippen molar-refractivity contribution in [3.63, 3.8) is 0 Å². The van der Waals surface area contributed by atoms with Gasteiger partial charge in [0.2, 0.25) is 0 Å². The maximum atomic E-state index is 13.1. The Bertz CT molecular complexity index is 1160. The second-order valence-electron chi connectivity index (χ2n) is 8.16. The number of nitrogens with zero attached hydrogens (tertiary/aromatic N) is 2. The molecule has 2 aliphatic rings. The van der Waals surface area contributed by atoms with Gasteiger partial charge in [0.05, 0.1) is 30.8 Å². The molecule has 1 spiro atoms. The minimum atomic E-state index is -0.570. The van der Waals surface area contributed by atoms with Gasteiger partial charge in [0.1, 0.15) is 22.7 Å². The Morgan fingerprint density at radius 3 is 2.83 bits per heavy atom. The summed E-state index contributed by atoms with van der Waals surface area (Å²) < 4.78 is 11.8. The van der Waals surface area contributed by atoms with E-state index in [-0.39, 0.29) is 11.7 Å². The van der Waals surface area contributed by atoms with Crippen LogP contribution in [0.25, 0.3) is 10.9 Å². The minimum absolute atomic E-state index is 0.0280. The maximum Gasteiger partial charge on any atom is 0.256 e. The predicted molar refractivity (Wildman–Crippen MR) is 111 cm³/mol. The van der Waals surface area contributed by atoms with Crippen LogP contribution < -0.4 is 9.47 Å². The summed E-state index contributed by atoms with van der Waals surface area (Å²) in [6.45, 7) is 3.03. The van der Waals surface area contributed by atoms with Crippen LogP contribution in [0.2, 0.25) is 0 Å². The zero-order chi connectivity index (χ0) is 20.9. The van der Waals surface area contributed by atoms with Gasteiger partial charge in [0.15, 0.2) is 5.78 Å². The van der Waals surface area contributed by atoms with E-state index in [0.717, 1.165) is 16.5 Å². The molecule has 0 radical (unpaired) electrons. The number of ether oxygens (including phenoxy) is 2. The van der Waals surface area contributed by atoms with Crippen molar-refractivity contribution >= 4 is 22.6 Å². The van der Waals surface area contributed by atoms with Gasteiger partial charge in [0.25, 0.3) is 5.91 Å². The average Bonchev–Trinajstić information content (AvgIpc) is 3.21. The van der Waals surface area contributed by atoms with E-state index in [1.807, 2.05) is 42.2 Å². The second kappa shape index (κ2) is 6.86. The van der Waals surface area contributed by atoms with Crippen molar-refractivity contribution < 1.29 is 19.1 Å². The number of carbonyl (C=O) groups is 2. The van der Waals surface area contributed by atoms with Gasteiger partial charge in [-0.25, -0.2) is 0 Å². The molecule has 1 saturated heterocycles. The Kier molecular flexibility index (Phi) is 4.27. The van der Waals surface area contributed by atoms with E-state index < -0.39 is 5.60 Å². The monoisotopic (exact) mass is 405 g/mol. The van der Waals surface area contributed by atoms with Crippen LogP contribution in [0, 0.1) is 6.92 Å². The van der Waals surface area contributed by atoms with Crippen molar-refractivity contribution in [2.45, 2.75) is 31.8 Å². The second-order valence-corrected chi connectivity index (χ2v) is 8.16. The lowest BCUT2D eigenvalue weighted by Gasteiger charge is -2.44. The molecule has 7 heteroatoms. The molecular weight excluding hydrogens is 382 g/mol. The smallest absolute Gasteiger partial charge is 0.256 e. The van der Waals surface area contributed by atoms with Crippen LogP contribution in [-0.2, 0) is 0 Å². The molecule has 3 heterocycles. The Morgan fingerprint density at radius 1 is 1.27 bits per heavy atom. The van der Waals surface area contributed by atoms with E-state index in [1.165, 1.54) is 0 Å². The molecule has 5 rings (SSSR count). The molecule has 7 nitrogen and oxygen atoms in total. The number of ketones is 1. The molecule has 0 atom stereocenters. The Labute approximate surface area is 174 Å². The maximum absolute atomic E-state index is 13.1. The number of carbonyl (C=O) groups excluding carboxylic acids is 2. The molecule has 1 amide bonds. The van der Waals surface area contributed by atoms with Crippen LogP contribution in [0.4, 0.5) is 0 Å². The molecule has 2 aliphatic heterocycles. The van der Waals surface area contributed by atoms with Crippen molar-refractivity contribution in [2.24, 2.45) is 0 Å². The van der Waals surface area contributed by atoms with Gasteiger partial charge in [-0.15, -0.1) is 0 Å². The minimum Gasteiger partial charge on any atom is -0.496 e. The third-order valence-electron chi connectivity index (χ3n) is 6.19. The molecule has 0 unspecified atom stereocenters. The molecule has 1 N–H and O–H groups in total. The van der Waals surface area contributed by atoms with Gasteiger partial charge >= 0.3 is 0 Å². The highest BCUT2D eigenvalue weighted by Gasteiger charge is 2.45. The molecule has 154 valence electrons. The van der Waals surface area contributed by atoms with Gasteiger partial charge in [-0.1, -0.05) is 12.1 Å². The third kappa shape index (κ3) is 2.93. The first-order chi connectivity index (χ1) is 14.5. The summed E-state index contributed by atoms with van der Waals surface area (Å²) in [6, 6.07) is 9.36. The molecule has 2 aromatic carbocycles. The highest BCUT2D eigenvalue weighted by molar-refractivity contribution is 6.05. The zero-order valence-corrected chi connectivity index (χ0v) is 17.0. The molecule has 0 saturated carbocycles. The fraction of sp³-hybridized carbons (Fsp3) is 0.348. The molecule has 0 bridgehead atoms. The van der Waals surface area contributed by atoms with Crippen LogP contribution >= 0.6 is 0 Å². The number of likely N-dealkylation sites (tertiary alicyclic amines) is 1. The fourth-order valence-electron chi connectivity index (χ4n) is 4.60. The number of rotatable bonds is 2. The van der Waals surface area contributed by atoms with Gasteiger partial charge in [-0.05, 0) is 30.7 Å². The van der Waals surface area contributed by atoms with Crippen LogP contribution in [0.5, 0.6) is 11.5 Å². The summed E-state index contributed by atoms with van der Waals surface area (Å²) in [6.07, 6.45) is 3.24. The van der Waals surface area contributed by atoms with Gasteiger partial charge in [-0.2, -0.15) is 5.10 Å². The number of H-pyrrole nitrogens is 1. The van der Waals surface area contributed by atoms with E-state index in [4.69, 9.17) is 9.47 Å². The first-order valence-electron chi connectivity index (χ1n) is 10.1. The standard InChI is InChI=1S/C23H23N3O4/c1-14-10-18(29-2)20-17(27)12-23(30-19(20)11-14)6-8-26(9-7-23)22(28)16-5-3-4-15-13-24-25-21(15)16/h3-5,10-11,13H,6-9,12H2,1-2H3,(H,24,25). The SMILES string of the molecule is COc1cc(C)cc2c1C(=O)CC1(CCN(C(=O)c3cccc4cn[nH]c34)CC1)O2. The van der Waals surface area contributed by atoms with Gasteiger partial charge < -0.3 is 14.4 Å². The number of hydrogen-bond donors (Lipinski definition) is 1. The number of fused-ring (bicyclic) bond motifs is 2. The number of nitrogens with one attached hydrogen (secondary N) is 1. The van der Waals surface area contributed by atoms with Crippen molar-refractivity contribution in [1.82, 2.24) is 15.1 Å². The van der Waals surface area contributed by atoms with E-state index in [9.17, 15) is 9.59 Å². The van der Waals surface area contributed by atoms with E-state index >= 15 is 0 Å². The van der Waals surface area contributed by atoms with Crippen LogP contribution in [0.1, 0.15) is 45.5 Å². The molecule has 0 aliphatic carbocycles. The average molecular weight is 405 g/mol. The predicted octanol–water partition coefficient (Wildman–Crippen LogP) is 3.52. The lowest BCUT2D eigenvalue weighted by Crippen LogP contribution is -2.52. The van der Waals surface area contributed by atoms with Crippen molar-refractivity contribution in [3.05, 3.63) is 53.2 Å². The normalized spacial score (nSPS) is 17.7. The van der Waals surface area contributed by atoms with Crippen molar-refractivity contribution in [3.8, 4) is 11.5 Å². The summed E-state index contributed by atoms with van der Waals surface area (Å²) in [5.41, 5.74) is 2.31. The Balaban J connectivity index is 1.37. The fourth-order valence-corrected chi connectivity index (χ4v) is 4.60. The van der Waals surface area contributed by atoms with Crippen molar-refractivity contribution in [1.29, 1.82) is 0 Å². The number of para-hydroxylation sites is 1. The summed E-state index contributed by atoms with van der Waals surface area (Å²) in [5, 5.41) is 7.88. The molecule has 30 heavy (non-hydrogen) atoms.